The van der Waals surface area contributed by atoms with E-state index in [-0.39, 0.29) is 18.4 Å². The molecule has 1 amide bonds. The van der Waals surface area contributed by atoms with Crippen molar-refractivity contribution in [2.24, 2.45) is 5.92 Å². The van der Waals surface area contributed by atoms with Crippen LogP contribution in [0.1, 0.15) is 58.1 Å². The van der Waals surface area contributed by atoms with Crippen LogP contribution in [0.2, 0.25) is 0 Å². The second-order valence-corrected chi connectivity index (χ2v) is 6.12. The Hall–Kier alpha value is -1.84. The molecule has 0 bridgehead atoms. The minimum absolute atomic E-state index is 0.0114. The molecular formula is C18H27NO3. The Labute approximate surface area is 133 Å². The highest BCUT2D eigenvalue weighted by molar-refractivity contribution is 5.77. The quantitative estimate of drug-likeness (QED) is 0.704. The number of aliphatic carboxylic acids is 1. The van der Waals surface area contributed by atoms with Crippen molar-refractivity contribution in [3.05, 3.63) is 35.9 Å². The van der Waals surface area contributed by atoms with Gasteiger partial charge in [0.05, 0.1) is 6.04 Å². The lowest BCUT2D eigenvalue weighted by Gasteiger charge is -2.30. The van der Waals surface area contributed by atoms with Crippen molar-refractivity contribution in [3.8, 4) is 0 Å². The SMILES string of the molecule is CC(C)CC(=O)N(CCCCC(=O)O)C(C)c1ccccc1. The predicted molar refractivity (Wildman–Crippen MR) is 87.5 cm³/mol. The van der Waals surface area contributed by atoms with Crippen LogP contribution in [0.5, 0.6) is 0 Å². The molecule has 0 saturated carbocycles. The van der Waals surface area contributed by atoms with Gasteiger partial charge in [-0.25, -0.2) is 0 Å². The monoisotopic (exact) mass is 305 g/mol. The van der Waals surface area contributed by atoms with E-state index in [2.05, 4.69) is 0 Å². The molecule has 1 aromatic carbocycles. The van der Waals surface area contributed by atoms with Gasteiger partial charge in [0, 0.05) is 19.4 Å². The first-order valence-corrected chi connectivity index (χ1v) is 7.98. The maximum absolute atomic E-state index is 12.5. The van der Waals surface area contributed by atoms with Crippen LogP contribution < -0.4 is 0 Å². The average Bonchev–Trinajstić information content (AvgIpc) is 2.46. The van der Waals surface area contributed by atoms with Gasteiger partial charge in [-0.15, -0.1) is 0 Å². The van der Waals surface area contributed by atoms with Crippen LogP contribution in [-0.2, 0) is 9.59 Å². The third-order valence-corrected chi connectivity index (χ3v) is 3.69. The van der Waals surface area contributed by atoms with E-state index in [1.165, 1.54) is 0 Å². The molecule has 4 heteroatoms. The van der Waals surface area contributed by atoms with E-state index < -0.39 is 5.97 Å². The predicted octanol–water partition coefficient (Wildman–Crippen LogP) is 3.88. The number of unbranched alkanes of at least 4 members (excludes halogenated alkanes) is 1. The lowest BCUT2D eigenvalue weighted by molar-refractivity contribution is -0.137. The third-order valence-electron chi connectivity index (χ3n) is 3.69. The summed E-state index contributed by atoms with van der Waals surface area (Å²) in [6.45, 7) is 6.71. The number of nitrogens with zero attached hydrogens (tertiary/aromatic N) is 1. The molecule has 0 heterocycles. The molecule has 0 fully saturated rings. The summed E-state index contributed by atoms with van der Waals surface area (Å²) in [5, 5.41) is 8.71. The summed E-state index contributed by atoms with van der Waals surface area (Å²) in [6, 6.07) is 9.97. The largest absolute Gasteiger partial charge is 0.481 e. The molecule has 1 N–H and O–H groups in total. The van der Waals surface area contributed by atoms with Crippen LogP contribution in [-0.4, -0.2) is 28.4 Å². The number of hydrogen-bond donors (Lipinski definition) is 1. The number of hydrogen-bond acceptors (Lipinski definition) is 2. The Morgan fingerprint density at radius 1 is 1.09 bits per heavy atom. The lowest BCUT2D eigenvalue weighted by atomic mass is 10.0. The molecule has 4 nitrogen and oxygen atoms in total. The van der Waals surface area contributed by atoms with Crippen LogP contribution in [0, 0.1) is 5.92 Å². The molecular weight excluding hydrogens is 278 g/mol. The van der Waals surface area contributed by atoms with Gasteiger partial charge in [-0.05, 0) is 31.2 Å². The molecule has 0 spiro atoms. The number of carbonyl (C=O) groups excluding carboxylic acids is 1. The second-order valence-electron chi connectivity index (χ2n) is 6.12. The van der Waals surface area contributed by atoms with E-state index in [1.54, 1.807) is 0 Å². The first-order chi connectivity index (χ1) is 10.4. The number of benzene rings is 1. The van der Waals surface area contributed by atoms with Gasteiger partial charge in [-0.1, -0.05) is 44.2 Å². The van der Waals surface area contributed by atoms with E-state index in [0.717, 1.165) is 5.56 Å². The normalized spacial score (nSPS) is 12.2. The van der Waals surface area contributed by atoms with Crippen LogP contribution in [0.25, 0.3) is 0 Å². The van der Waals surface area contributed by atoms with Crippen molar-refractivity contribution >= 4 is 11.9 Å². The van der Waals surface area contributed by atoms with Gasteiger partial charge in [-0.2, -0.15) is 0 Å². The highest BCUT2D eigenvalue weighted by atomic mass is 16.4. The summed E-state index contributed by atoms with van der Waals surface area (Å²) < 4.78 is 0. The Balaban J connectivity index is 2.72. The highest BCUT2D eigenvalue weighted by Crippen LogP contribution is 2.22. The molecule has 1 aromatic rings. The minimum Gasteiger partial charge on any atom is -0.481 e. The van der Waals surface area contributed by atoms with Crippen LogP contribution in [0.4, 0.5) is 0 Å². The fourth-order valence-electron chi connectivity index (χ4n) is 2.47. The number of carboxylic acid groups (broad SMARTS) is 1. The van der Waals surface area contributed by atoms with Gasteiger partial charge in [0.25, 0.3) is 0 Å². The number of rotatable bonds is 9. The Kier molecular flexibility index (Phi) is 7.64. The zero-order valence-corrected chi connectivity index (χ0v) is 13.8. The second kappa shape index (κ2) is 9.23. The van der Waals surface area contributed by atoms with Gasteiger partial charge in [0.1, 0.15) is 0 Å². The van der Waals surface area contributed by atoms with E-state index in [0.29, 0.717) is 31.7 Å². The summed E-state index contributed by atoms with van der Waals surface area (Å²) >= 11 is 0. The van der Waals surface area contributed by atoms with Gasteiger partial charge in [-0.3, -0.25) is 9.59 Å². The van der Waals surface area contributed by atoms with Crippen molar-refractivity contribution in [1.29, 1.82) is 0 Å². The van der Waals surface area contributed by atoms with Gasteiger partial charge in [0.15, 0.2) is 0 Å². The van der Waals surface area contributed by atoms with Crippen molar-refractivity contribution in [3.63, 3.8) is 0 Å². The molecule has 0 aromatic heterocycles. The molecule has 0 saturated heterocycles. The van der Waals surface area contributed by atoms with E-state index in [1.807, 2.05) is 56.0 Å². The fraction of sp³-hybridized carbons (Fsp3) is 0.556. The Morgan fingerprint density at radius 2 is 1.73 bits per heavy atom. The van der Waals surface area contributed by atoms with Crippen molar-refractivity contribution < 1.29 is 14.7 Å². The van der Waals surface area contributed by atoms with Crippen molar-refractivity contribution in [2.45, 2.75) is 52.5 Å². The van der Waals surface area contributed by atoms with E-state index in [4.69, 9.17) is 5.11 Å². The highest BCUT2D eigenvalue weighted by Gasteiger charge is 2.21. The minimum atomic E-state index is -0.781. The molecule has 0 aliphatic rings. The summed E-state index contributed by atoms with van der Waals surface area (Å²) in [4.78, 5) is 25.0. The fourth-order valence-corrected chi connectivity index (χ4v) is 2.47. The lowest BCUT2D eigenvalue weighted by Crippen LogP contribution is -2.35. The smallest absolute Gasteiger partial charge is 0.303 e. The summed E-state index contributed by atoms with van der Waals surface area (Å²) in [7, 11) is 0. The molecule has 0 radical (unpaired) electrons. The summed E-state index contributed by atoms with van der Waals surface area (Å²) in [6.07, 6.45) is 2.00. The molecule has 1 unspecified atom stereocenters. The van der Waals surface area contributed by atoms with Gasteiger partial charge < -0.3 is 10.0 Å². The Morgan fingerprint density at radius 3 is 2.27 bits per heavy atom. The van der Waals surface area contributed by atoms with Crippen LogP contribution in [0.15, 0.2) is 30.3 Å². The molecule has 122 valence electrons. The Bertz CT molecular complexity index is 470. The maximum atomic E-state index is 12.5. The maximum Gasteiger partial charge on any atom is 0.303 e. The summed E-state index contributed by atoms with van der Waals surface area (Å²) in [5.41, 5.74) is 1.11. The molecule has 0 aliphatic heterocycles. The van der Waals surface area contributed by atoms with E-state index in [9.17, 15) is 9.59 Å². The molecule has 22 heavy (non-hydrogen) atoms. The molecule has 0 aliphatic carbocycles. The zero-order valence-electron chi connectivity index (χ0n) is 13.8. The molecule has 1 atom stereocenters. The summed E-state index contributed by atoms with van der Waals surface area (Å²) in [5.74, 6) is -0.324. The number of carboxylic acids is 1. The number of carbonyl (C=O) groups is 2. The van der Waals surface area contributed by atoms with Crippen molar-refractivity contribution in [1.82, 2.24) is 4.90 Å². The van der Waals surface area contributed by atoms with Gasteiger partial charge >= 0.3 is 5.97 Å². The number of amides is 1. The standard InChI is InChI=1S/C18H27NO3/c1-14(2)13-17(20)19(12-8-7-11-18(21)22)15(3)16-9-5-4-6-10-16/h4-6,9-10,14-15H,7-8,11-13H2,1-3H3,(H,21,22). The molecule has 1 rings (SSSR count). The van der Waals surface area contributed by atoms with Crippen LogP contribution in [0.3, 0.4) is 0 Å². The first-order valence-electron chi connectivity index (χ1n) is 7.98. The zero-order chi connectivity index (χ0) is 16.5. The van der Waals surface area contributed by atoms with Crippen molar-refractivity contribution in [2.75, 3.05) is 6.54 Å². The average molecular weight is 305 g/mol. The van der Waals surface area contributed by atoms with Crippen LogP contribution >= 0.6 is 0 Å². The topological polar surface area (TPSA) is 57.6 Å². The van der Waals surface area contributed by atoms with Gasteiger partial charge in [0.2, 0.25) is 5.91 Å². The first kappa shape index (κ1) is 18.2. The third kappa shape index (κ3) is 6.29. The van der Waals surface area contributed by atoms with E-state index >= 15 is 0 Å².